The molecular formula is C19H21FN4O3. The van der Waals surface area contributed by atoms with Gasteiger partial charge in [-0.25, -0.2) is 14.4 Å². The molecular weight excluding hydrogens is 351 g/mol. The summed E-state index contributed by atoms with van der Waals surface area (Å²) >= 11 is 0. The normalized spacial score (nSPS) is 20.0. The summed E-state index contributed by atoms with van der Waals surface area (Å²) in [6.45, 7) is 4.03. The van der Waals surface area contributed by atoms with Crippen LogP contribution >= 0.6 is 0 Å². The number of carbonyl (C=O) groups is 1. The van der Waals surface area contributed by atoms with Crippen molar-refractivity contribution in [3.05, 3.63) is 48.0 Å². The van der Waals surface area contributed by atoms with E-state index in [0.29, 0.717) is 37.7 Å². The van der Waals surface area contributed by atoms with Crippen LogP contribution in [0, 0.1) is 5.82 Å². The van der Waals surface area contributed by atoms with E-state index < -0.39 is 0 Å². The molecule has 1 unspecified atom stereocenters. The van der Waals surface area contributed by atoms with Crippen molar-refractivity contribution in [2.24, 2.45) is 0 Å². The van der Waals surface area contributed by atoms with Crippen molar-refractivity contribution in [1.82, 2.24) is 14.9 Å². The van der Waals surface area contributed by atoms with Gasteiger partial charge in [-0.1, -0.05) is 0 Å². The first-order valence-corrected chi connectivity index (χ1v) is 9.05. The van der Waals surface area contributed by atoms with Crippen LogP contribution in [0.3, 0.4) is 0 Å². The predicted molar refractivity (Wildman–Crippen MR) is 96.4 cm³/mol. The lowest BCUT2D eigenvalue weighted by Gasteiger charge is -2.27. The van der Waals surface area contributed by atoms with Gasteiger partial charge in [0.25, 0.3) is 5.91 Å². The quantitative estimate of drug-likeness (QED) is 0.815. The highest BCUT2D eigenvalue weighted by molar-refractivity contribution is 5.94. The van der Waals surface area contributed by atoms with Crippen molar-refractivity contribution in [3.63, 3.8) is 0 Å². The average molecular weight is 372 g/mol. The Balaban J connectivity index is 1.37. The maximum Gasteiger partial charge on any atom is 0.253 e. The second kappa shape index (κ2) is 7.87. The zero-order valence-corrected chi connectivity index (χ0v) is 14.9. The molecule has 0 spiro atoms. The van der Waals surface area contributed by atoms with Gasteiger partial charge in [0, 0.05) is 37.7 Å². The van der Waals surface area contributed by atoms with Gasteiger partial charge in [-0.05, 0) is 24.3 Å². The van der Waals surface area contributed by atoms with Crippen LogP contribution in [0.1, 0.15) is 16.8 Å². The van der Waals surface area contributed by atoms with Crippen LogP contribution in [-0.2, 0) is 4.74 Å². The summed E-state index contributed by atoms with van der Waals surface area (Å²) in [6.07, 6.45) is 2.10. The van der Waals surface area contributed by atoms with E-state index in [4.69, 9.17) is 9.47 Å². The molecule has 1 amide bonds. The van der Waals surface area contributed by atoms with Gasteiger partial charge in [0.2, 0.25) is 5.88 Å². The number of rotatable bonds is 4. The minimum atomic E-state index is -0.353. The fourth-order valence-electron chi connectivity index (χ4n) is 3.31. The summed E-state index contributed by atoms with van der Waals surface area (Å²) < 4.78 is 24.4. The molecule has 1 aromatic carbocycles. The third-order valence-corrected chi connectivity index (χ3v) is 4.77. The van der Waals surface area contributed by atoms with E-state index >= 15 is 0 Å². The van der Waals surface area contributed by atoms with Crippen LogP contribution in [0.2, 0.25) is 0 Å². The molecule has 3 heterocycles. The summed E-state index contributed by atoms with van der Waals surface area (Å²) in [4.78, 5) is 24.9. The highest BCUT2D eigenvalue weighted by Crippen LogP contribution is 2.22. The van der Waals surface area contributed by atoms with Crippen molar-refractivity contribution < 1.29 is 18.7 Å². The van der Waals surface area contributed by atoms with E-state index in [9.17, 15) is 9.18 Å². The number of ether oxygens (including phenoxy) is 2. The minimum absolute atomic E-state index is 0.113. The molecule has 7 nitrogen and oxygen atoms in total. The standard InChI is InChI=1S/C19H21FN4O3/c20-15-3-1-14(2-4-15)19(25)24-6-5-16(12-24)27-18-11-17(21-13-22-18)23-7-9-26-10-8-23/h1-4,11,13,16H,5-10,12H2. The number of amides is 1. The van der Waals surface area contributed by atoms with Crippen LogP contribution in [0.4, 0.5) is 10.2 Å². The molecule has 2 aliphatic rings. The first-order valence-electron chi connectivity index (χ1n) is 9.05. The summed E-state index contributed by atoms with van der Waals surface area (Å²) in [5.74, 6) is 0.861. The van der Waals surface area contributed by atoms with E-state index in [0.717, 1.165) is 25.3 Å². The average Bonchev–Trinajstić information content (AvgIpc) is 3.17. The van der Waals surface area contributed by atoms with Gasteiger partial charge in [-0.15, -0.1) is 0 Å². The SMILES string of the molecule is O=C(c1ccc(F)cc1)N1CCC(Oc2cc(N3CCOCC3)ncn2)C1. The maximum atomic E-state index is 13.0. The third-order valence-electron chi connectivity index (χ3n) is 4.77. The lowest BCUT2D eigenvalue weighted by Crippen LogP contribution is -2.36. The molecule has 4 rings (SSSR count). The van der Waals surface area contributed by atoms with Crippen molar-refractivity contribution in [2.75, 3.05) is 44.3 Å². The van der Waals surface area contributed by atoms with Crippen LogP contribution in [0.15, 0.2) is 36.7 Å². The smallest absolute Gasteiger partial charge is 0.253 e. The molecule has 8 heteroatoms. The molecule has 2 fully saturated rings. The zero-order chi connectivity index (χ0) is 18.6. The fraction of sp³-hybridized carbons (Fsp3) is 0.421. The van der Waals surface area contributed by atoms with E-state index in [1.807, 2.05) is 6.07 Å². The molecule has 27 heavy (non-hydrogen) atoms. The molecule has 0 N–H and O–H groups in total. The molecule has 0 saturated carbocycles. The monoisotopic (exact) mass is 372 g/mol. The molecule has 142 valence electrons. The van der Waals surface area contributed by atoms with Gasteiger partial charge >= 0.3 is 0 Å². The van der Waals surface area contributed by atoms with Gasteiger partial charge in [-0.3, -0.25) is 4.79 Å². The van der Waals surface area contributed by atoms with Crippen LogP contribution in [0.5, 0.6) is 5.88 Å². The number of anilines is 1. The highest BCUT2D eigenvalue weighted by Gasteiger charge is 2.28. The Bertz CT molecular complexity index is 796. The summed E-state index contributed by atoms with van der Waals surface area (Å²) in [5, 5.41) is 0. The van der Waals surface area contributed by atoms with E-state index in [-0.39, 0.29) is 17.8 Å². The summed E-state index contributed by atoms with van der Waals surface area (Å²) in [7, 11) is 0. The lowest BCUT2D eigenvalue weighted by molar-refractivity contribution is 0.0771. The number of nitrogens with zero attached hydrogens (tertiary/aromatic N) is 4. The van der Waals surface area contributed by atoms with E-state index in [1.54, 1.807) is 4.90 Å². The van der Waals surface area contributed by atoms with Crippen LogP contribution < -0.4 is 9.64 Å². The molecule has 2 aromatic rings. The maximum absolute atomic E-state index is 13.0. The minimum Gasteiger partial charge on any atom is -0.472 e. The molecule has 1 aromatic heterocycles. The number of aromatic nitrogens is 2. The number of morpholine rings is 1. The molecule has 0 radical (unpaired) electrons. The highest BCUT2D eigenvalue weighted by atomic mass is 19.1. The van der Waals surface area contributed by atoms with Crippen LogP contribution in [0.25, 0.3) is 0 Å². The third kappa shape index (κ3) is 4.16. The van der Waals surface area contributed by atoms with Gasteiger partial charge < -0.3 is 19.3 Å². The first kappa shape index (κ1) is 17.7. The number of carbonyl (C=O) groups excluding carboxylic acids is 1. The molecule has 2 aliphatic heterocycles. The van der Waals surface area contributed by atoms with Crippen molar-refractivity contribution in [2.45, 2.75) is 12.5 Å². The molecule has 2 saturated heterocycles. The Labute approximate surface area is 156 Å². The van der Waals surface area contributed by atoms with Crippen molar-refractivity contribution in [1.29, 1.82) is 0 Å². The largest absolute Gasteiger partial charge is 0.472 e. The van der Waals surface area contributed by atoms with Gasteiger partial charge in [0.15, 0.2) is 0 Å². The fourth-order valence-corrected chi connectivity index (χ4v) is 3.31. The number of hydrogen-bond donors (Lipinski definition) is 0. The van der Waals surface area contributed by atoms with Crippen molar-refractivity contribution in [3.8, 4) is 5.88 Å². The lowest BCUT2D eigenvalue weighted by atomic mass is 10.2. The topological polar surface area (TPSA) is 67.8 Å². The van der Waals surface area contributed by atoms with E-state index in [1.165, 1.54) is 30.6 Å². The Kier molecular flexibility index (Phi) is 5.15. The first-order chi connectivity index (χ1) is 13.2. The number of halogens is 1. The second-order valence-electron chi connectivity index (χ2n) is 6.60. The summed E-state index contributed by atoms with van der Waals surface area (Å²) in [5.41, 5.74) is 0.480. The molecule has 0 aliphatic carbocycles. The van der Waals surface area contributed by atoms with Crippen LogP contribution in [-0.4, -0.2) is 66.3 Å². The Hall–Kier alpha value is -2.74. The molecule has 1 atom stereocenters. The number of benzene rings is 1. The predicted octanol–water partition coefficient (Wildman–Crippen LogP) is 1.75. The Morgan fingerprint density at radius 2 is 1.93 bits per heavy atom. The van der Waals surface area contributed by atoms with Gasteiger partial charge in [0.05, 0.1) is 19.8 Å². The Morgan fingerprint density at radius 1 is 1.15 bits per heavy atom. The number of likely N-dealkylation sites (tertiary alicyclic amines) is 1. The van der Waals surface area contributed by atoms with Crippen molar-refractivity contribution >= 4 is 11.7 Å². The second-order valence-corrected chi connectivity index (χ2v) is 6.60. The zero-order valence-electron chi connectivity index (χ0n) is 14.9. The van der Waals surface area contributed by atoms with Gasteiger partial charge in [0.1, 0.15) is 24.1 Å². The summed E-state index contributed by atoms with van der Waals surface area (Å²) in [6, 6.07) is 7.43. The Morgan fingerprint density at radius 3 is 2.70 bits per heavy atom. The van der Waals surface area contributed by atoms with Gasteiger partial charge in [-0.2, -0.15) is 0 Å². The molecule has 0 bridgehead atoms. The number of hydrogen-bond acceptors (Lipinski definition) is 6. The van der Waals surface area contributed by atoms with E-state index in [2.05, 4.69) is 14.9 Å².